The van der Waals surface area contributed by atoms with Gasteiger partial charge in [-0.25, -0.2) is 13.2 Å². The van der Waals surface area contributed by atoms with Gasteiger partial charge in [0.15, 0.2) is 5.75 Å². The lowest BCUT2D eigenvalue weighted by molar-refractivity contribution is -0.106. The summed E-state index contributed by atoms with van der Waals surface area (Å²) >= 11 is 0.788. The molecule has 2 aromatic rings. The molecule has 210 valence electrons. The molecule has 1 aromatic heterocycles. The number of hydrogen-bond donors (Lipinski definition) is 1. The van der Waals surface area contributed by atoms with Gasteiger partial charge in [-0.1, -0.05) is 18.3 Å². The fraction of sp³-hybridized carbons (Fsp3) is 0.591. The number of methoxy groups -OCH3 is 1. The van der Waals surface area contributed by atoms with Gasteiger partial charge in [-0.2, -0.15) is 13.2 Å². The zero-order valence-corrected chi connectivity index (χ0v) is 22.9. The third-order valence-electron chi connectivity index (χ3n) is 5.62. The van der Waals surface area contributed by atoms with Crippen molar-refractivity contribution in [3.05, 3.63) is 22.7 Å². The number of carbonyl (C=O) groups is 1. The molecule has 0 fully saturated rings. The van der Waals surface area contributed by atoms with E-state index >= 15 is 0 Å². The third kappa shape index (κ3) is 7.83. The van der Waals surface area contributed by atoms with Crippen LogP contribution in [0.4, 0.5) is 35.4 Å². The summed E-state index contributed by atoms with van der Waals surface area (Å²) < 4.78 is 75.2. The number of esters is 1. The number of rotatable bonds is 11. The summed E-state index contributed by atoms with van der Waals surface area (Å²) in [6, 6.07) is 3.36. The van der Waals surface area contributed by atoms with Crippen molar-refractivity contribution in [2.24, 2.45) is 10.2 Å². The average molecular weight is 579 g/mol. The molecule has 1 aliphatic rings. The first-order valence-electron chi connectivity index (χ1n) is 11.8. The number of alkyl halides is 3. The van der Waals surface area contributed by atoms with E-state index in [0.717, 1.165) is 35.4 Å². The number of anilines is 2. The van der Waals surface area contributed by atoms with Crippen LogP contribution in [0.15, 0.2) is 22.4 Å². The quantitative estimate of drug-likeness (QED) is 0.224. The molecule has 0 saturated carbocycles. The van der Waals surface area contributed by atoms with Gasteiger partial charge in [0, 0.05) is 24.9 Å². The highest BCUT2D eigenvalue weighted by Crippen LogP contribution is 2.41. The van der Waals surface area contributed by atoms with Gasteiger partial charge in [-0.15, -0.1) is 20.4 Å². The number of fused-ring (bicyclic) bond motifs is 1. The third-order valence-corrected chi connectivity index (χ3v) is 7.64. The van der Waals surface area contributed by atoms with Crippen LogP contribution in [0.25, 0.3) is 0 Å². The van der Waals surface area contributed by atoms with E-state index in [-0.39, 0.29) is 46.8 Å². The molecule has 0 saturated heterocycles. The first-order valence-corrected chi connectivity index (χ1v) is 14.2. The molecule has 16 heteroatoms. The summed E-state index contributed by atoms with van der Waals surface area (Å²) in [6.45, 7) is 6.26. The van der Waals surface area contributed by atoms with Crippen LogP contribution in [0.5, 0.6) is 0 Å². The van der Waals surface area contributed by atoms with E-state index in [0.29, 0.717) is 6.42 Å². The molecular formula is C22H29F3N6O5S2. The van der Waals surface area contributed by atoms with Crippen molar-refractivity contribution in [2.45, 2.75) is 58.3 Å². The second kappa shape index (κ2) is 12.3. The second-order valence-electron chi connectivity index (χ2n) is 8.79. The first kappa shape index (κ1) is 29.7. The first-order chi connectivity index (χ1) is 17.8. The van der Waals surface area contributed by atoms with Gasteiger partial charge in [-0.05, 0) is 50.8 Å². The van der Waals surface area contributed by atoms with E-state index in [4.69, 9.17) is 9.47 Å². The Kier molecular flexibility index (Phi) is 9.64. The maximum absolute atomic E-state index is 12.9. The number of halogens is 3. The number of carbonyl (C=O) groups excluding carboxylic acids is 1. The van der Waals surface area contributed by atoms with Crippen molar-refractivity contribution in [3.63, 3.8) is 0 Å². The number of azo groups is 1. The Morgan fingerprint density at radius 3 is 2.63 bits per heavy atom. The van der Waals surface area contributed by atoms with E-state index in [1.54, 1.807) is 6.07 Å². The molecule has 1 N–H and O–H groups in total. The number of aryl methyl sites for hydroxylation is 1. The highest BCUT2D eigenvalue weighted by Gasteiger charge is 2.36. The highest BCUT2D eigenvalue weighted by molar-refractivity contribution is 7.92. The molecule has 0 spiro atoms. The fourth-order valence-electron chi connectivity index (χ4n) is 4.12. The predicted octanol–water partition coefficient (Wildman–Crippen LogP) is 5.00. The smallest absolute Gasteiger partial charge is 0.404 e. The Labute approximate surface area is 222 Å². The summed E-state index contributed by atoms with van der Waals surface area (Å²) in [6.07, 6.45) is -2.56. The van der Waals surface area contributed by atoms with Crippen molar-refractivity contribution in [1.29, 1.82) is 0 Å². The molecule has 0 radical (unpaired) electrons. The molecule has 2 heterocycles. The number of benzene rings is 1. The van der Waals surface area contributed by atoms with Crippen LogP contribution >= 0.6 is 11.3 Å². The van der Waals surface area contributed by atoms with Gasteiger partial charge in [0.1, 0.15) is 12.3 Å². The Bertz CT molecular complexity index is 1270. The van der Waals surface area contributed by atoms with Gasteiger partial charge in [0.05, 0.1) is 12.3 Å². The molecule has 1 aromatic carbocycles. The van der Waals surface area contributed by atoms with Gasteiger partial charge in [0.25, 0.3) is 5.13 Å². The normalized spacial score (nSPS) is 16.2. The second-order valence-corrected chi connectivity index (χ2v) is 11.5. The lowest BCUT2D eigenvalue weighted by Crippen LogP contribution is -2.43. The molecule has 1 atom stereocenters. The lowest BCUT2D eigenvalue weighted by Gasteiger charge is -2.42. The van der Waals surface area contributed by atoms with Crippen LogP contribution in [-0.2, 0) is 25.9 Å². The summed E-state index contributed by atoms with van der Waals surface area (Å²) in [5.41, 5.74) is 1.44. The van der Waals surface area contributed by atoms with Gasteiger partial charge >= 0.3 is 12.1 Å². The van der Waals surface area contributed by atoms with Crippen LogP contribution in [-0.4, -0.2) is 68.9 Å². The number of hydrogen-bond acceptors (Lipinski definition) is 11. The topological polar surface area (TPSA) is 135 Å². The van der Waals surface area contributed by atoms with E-state index in [2.05, 4.69) is 25.3 Å². The summed E-state index contributed by atoms with van der Waals surface area (Å²) in [7, 11) is -3.34. The highest BCUT2D eigenvalue weighted by atomic mass is 32.2. The van der Waals surface area contributed by atoms with Crippen LogP contribution in [0.2, 0.25) is 0 Å². The Morgan fingerprint density at radius 1 is 1.26 bits per heavy atom. The Morgan fingerprint density at radius 2 is 2.00 bits per heavy atom. The summed E-state index contributed by atoms with van der Waals surface area (Å²) in [5.74, 6) is -2.78. The van der Waals surface area contributed by atoms with E-state index in [9.17, 15) is 26.4 Å². The van der Waals surface area contributed by atoms with Crippen LogP contribution in [0.3, 0.4) is 0 Å². The standard InChI is InChI=1S/C22H29F3N6O5S2/c1-5-15-7-6-14-10-16(26-28-21-29-27-19(37-21)20(32)36-9-8-35-4)17(11-18(14)31(15)13(2)3)30-38(33,34)12-22(23,24)25/h10-11,13,15,30H,5-9,12H2,1-4H3. The van der Waals surface area contributed by atoms with Crippen molar-refractivity contribution in [3.8, 4) is 0 Å². The number of nitrogens with zero attached hydrogens (tertiary/aromatic N) is 5. The maximum Gasteiger partial charge on any atom is 0.404 e. The monoisotopic (exact) mass is 578 g/mol. The van der Waals surface area contributed by atoms with Crippen LogP contribution in [0, 0.1) is 0 Å². The van der Waals surface area contributed by atoms with E-state index in [1.807, 2.05) is 25.5 Å². The van der Waals surface area contributed by atoms with Crippen molar-refractivity contribution >= 4 is 49.5 Å². The van der Waals surface area contributed by atoms with E-state index < -0.39 is 27.9 Å². The minimum absolute atomic E-state index is 0.00701. The van der Waals surface area contributed by atoms with Crippen LogP contribution < -0.4 is 9.62 Å². The zero-order chi connectivity index (χ0) is 28.1. The molecule has 1 unspecified atom stereocenters. The summed E-state index contributed by atoms with van der Waals surface area (Å²) in [5, 5.41) is 15.4. The molecule has 1 aliphatic heterocycles. The molecule has 0 bridgehead atoms. The largest absolute Gasteiger partial charge is 0.458 e. The summed E-state index contributed by atoms with van der Waals surface area (Å²) in [4.78, 5) is 14.1. The minimum Gasteiger partial charge on any atom is -0.458 e. The molecule has 0 amide bonds. The molecule has 3 rings (SSSR count). The average Bonchev–Trinajstić information content (AvgIpc) is 3.29. The van der Waals surface area contributed by atoms with Crippen molar-refractivity contribution in [1.82, 2.24) is 10.2 Å². The molecule has 38 heavy (non-hydrogen) atoms. The lowest BCUT2D eigenvalue weighted by atomic mass is 9.92. The van der Waals surface area contributed by atoms with Crippen LogP contribution in [0.1, 0.15) is 49.0 Å². The SMILES string of the molecule is CCC1CCc2cc(N=Nc3nnc(C(=O)OCCOC)s3)c(NS(=O)(=O)CC(F)(F)F)cc2N1C(C)C. The predicted molar refractivity (Wildman–Crippen MR) is 136 cm³/mol. The minimum atomic E-state index is -4.93. The van der Waals surface area contributed by atoms with Gasteiger partial charge in [0.2, 0.25) is 15.0 Å². The fourth-order valence-corrected chi connectivity index (χ4v) is 5.68. The van der Waals surface area contributed by atoms with Crippen molar-refractivity contribution in [2.75, 3.05) is 35.7 Å². The van der Waals surface area contributed by atoms with Gasteiger partial charge < -0.3 is 14.4 Å². The molecule has 11 nitrogen and oxygen atoms in total. The molecule has 0 aliphatic carbocycles. The zero-order valence-electron chi connectivity index (χ0n) is 21.3. The molecular weight excluding hydrogens is 549 g/mol. The number of ether oxygens (including phenoxy) is 2. The van der Waals surface area contributed by atoms with Gasteiger partial charge in [-0.3, -0.25) is 4.72 Å². The van der Waals surface area contributed by atoms with E-state index in [1.165, 1.54) is 13.2 Å². The number of nitrogens with one attached hydrogen (secondary N) is 1. The Hall–Kier alpha value is -2.85. The number of aromatic nitrogens is 2. The number of sulfonamides is 1. The Balaban J connectivity index is 1.98. The van der Waals surface area contributed by atoms with Crippen molar-refractivity contribution < 1.29 is 35.9 Å². The maximum atomic E-state index is 12.9.